The highest BCUT2D eigenvalue weighted by atomic mass is 16.3. The predicted octanol–water partition coefficient (Wildman–Crippen LogP) is 10.7. The molecule has 0 saturated heterocycles. The number of phenols is 2. The van der Waals surface area contributed by atoms with E-state index in [2.05, 4.69) is 81.4 Å². The van der Waals surface area contributed by atoms with E-state index in [1.807, 2.05) is 12.1 Å². The van der Waals surface area contributed by atoms with Crippen molar-refractivity contribution in [3.63, 3.8) is 0 Å². The third-order valence-electron chi connectivity index (χ3n) is 7.77. The van der Waals surface area contributed by atoms with Gasteiger partial charge in [0.25, 0.3) is 0 Å². The Morgan fingerprint density at radius 3 is 1.19 bits per heavy atom. The van der Waals surface area contributed by atoms with E-state index in [0.717, 1.165) is 35.1 Å². The van der Waals surface area contributed by atoms with Gasteiger partial charge in [0, 0.05) is 11.1 Å². The highest BCUT2D eigenvalue weighted by Crippen LogP contribution is 2.49. The van der Waals surface area contributed by atoms with Gasteiger partial charge in [0.05, 0.1) is 0 Å². The molecule has 2 atom stereocenters. The zero-order valence-electron chi connectivity index (χ0n) is 25.0. The molecule has 0 spiro atoms. The van der Waals surface area contributed by atoms with Crippen molar-refractivity contribution in [2.24, 2.45) is 0 Å². The maximum Gasteiger partial charge on any atom is 0.124 e. The second-order valence-electron chi connectivity index (χ2n) is 13.2. The standard InChI is InChI=1S/C34H54O2/c1-11-13-15-17-23(3)25-19-27(33(5,6)7)31(29(35)21-25)32-28(34(8,9)10)20-26(22-30(32)36)24(4)18-16-14-12-2/h19-24,35-36H,11-18H2,1-10H3. The molecule has 0 radical (unpaired) electrons. The van der Waals surface area contributed by atoms with Crippen LogP contribution in [0.2, 0.25) is 0 Å². The summed E-state index contributed by atoms with van der Waals surface area (Å²) in [7, 11) is 0. The van der Waals surface area contributed by atoms with Gasteiger partial charge in [-0.25, -0.2) is 0 Å². The summed E-state index contributed by atoms with van der Waals surface area (Å²) in [4.78, 5) is 0. The van der Waals surface area contributed by atoms with E-state index in [1.54, 1.807) is 0 Å². The van der Waals surface area contributed by atoms with Crippen LogP contribution in [-0.2, 0) is 10.8 Å². The van der Waals surface area contributed by atoms with E-state index in [0.29, 0.717) is 11.8 Å². The fourth-order valence-corrected chi connectivity index (χ4v) is 5.31. The molecule has 2 aromatic carbocycles. The first kappa shape index (κ1) is 30.3. The zero-order chi connectivity index (χ0) is 27.3. The summed E-state index contributed by atoms with van der Waals surface area (Å²) in [5.41, 5.74) is 5.80. The molecule has 2 unspecified atom stereocenters. The van der Waals surface area contributed by atoms with Gasteiger partial charge in [-0.15, -0.1) is 0 Å². The summed E-state index contributed by atoms with van der Waals surface area (Å²) in [6, 6.07) is 8.49. The number of phenolic OH excluding ortho intramolecular Hbond substituents is 2. The molecular weight excluding hydrogens is 440 g/mol. The number of hydrogen-bond acceptors (Lipinski definition) is 2. The van der Waals surface area contributed by atoms with Crippen molar-refractivity contribution in [2.45, 2.75) is 143 Å². The van der Waals surface area contributed by atoms with Crippen molar-refractivity contribution >= 4 is 0 Å². The lowest BCUT2D eigenvalue weighted by Crippen LogP contribution is -2.18. The van der Waals surface area contributed by atoms with Gasteiger partial charge in [0.15, 0.2) is 0 Å². The molecule has 0 amide bonds. The predicted molar refractivity (Wildman–Crippen MR) is 158 cm³/mol. The third kappa shape index (κ3) is 7.53. The minimum absolute atomic E-state index is 0.181. The molecule has 36 heavy (non-hydrogen) atoms. The molecule has 2 rings (SSSR count). The molecule has 0 aliphatic rings. The van der Waals surface area contributed by atoms with Crippen LogP contribution in [0.3, 0.4) is 0 Å². The monoisotopic (exact) mass is 494 g/mol. The average molecular weight is 495 g/mol. The topological polar surface area (TPSA) is 40.5 Å². The summed E-state index contributed by atoms with van der Waals surface area (Å²) < 4.78 is 0. The van der Waals surface area contributed by atoms with Crippen LogP contribution in [0.15, 0.2) is 24.3 Å². The van der Waals surface area contributed by atoms with Crippen LogP contribution < -0.4 is 0 Å². The van der Waals surface area contributed by atoms with Crippen LogP contribution in [-0.4, -0.2) is 10.2 Å². The Bertz CT molecular complexity index is 906. The lowest BCUT2D eigenvalue weighted by molar-refractivity contribution is 0.460. The molecule has 0 heterocycles. The molecule has 0 aliphatic heterocycles. The highest BCUT2D eigenvalue weighted by molar-refractivity contribution is 5.83. The van der Waals surface area contributed by atoms with E-state index >= 15 is 0 Å². The normalized spacial score (nSPS) is 14.2. The number of aromatic hydroxyl groups is 2. The first-order chi connectivity index (χ1) is 16.7. The minimum atomic E-state index is -0.181. The lowest BCUT2D eigenvalue weighted by Gasteiger charge is -2.31. The zero-order valence-corrected chi connectivity index (χ0v) is 25.0. The van der Waals surface area contributed by atoms with Crippen LogP contribution in [0.5, 0.6) is 11.5 Å². The van der Waals surface area contributed by atoms with E-state index in [4.69, 9.17) is 0 Å². The number of rotatable bonds is 11. The molecule has 0 bridgehead atoms. The lowest BCUT2D eigenvalue weighted by atomic mass is 9.74. The molecule has 0 fully saturated rings. The summed E-state index contributed by atoms with van der Waals surface area (Å²) in [5, 5.41) is 23.1. The van der Waals surface area contributed by atoms with E-state index in [1.165, 1.54) is 49.7 Å². The fourth-order valence-electron chi connectivity index (χ4n) is 5.31. The summed E-state index contributed by atoms with van der Waals surface area (Å²) in [5.74, 6) is 1.34. The van der Waals surface area contributed by atoms with Gasteiger partial charge in [0.2, 0.25) is 0 Å². The van der Waals surface area contributed by atoms with Gasteiger partial charge in [-0.2, -0.15) is 0 Å². The van der Waals surface area contributed by atoms with Gasteiger partial charge in [-0.3, -0.25) is 0 Å². The van der Waals surface area contributed by atoms with Crippen molar-refractivity contribution in [1.82, 2.24) is 0 Å². The van der Waals surface area contributed by atoms with Crippen molar-refractivity contribution < 1.29 is 10.2 Å². The van der Waals surface area contributed by atoms with E-state index < -0.39 is 0 Å². The Labute approximate surface area is 222 Å². The van der Waals surface area contributed by atoms with Crippen molar-refractivity contribution in [1.29, 1.82) is 0 Å². The van der Waals surface area contributed by atoms with Crippen LogP contribution in [0.25, 0.3) is 11.1 Å². The molecule has 0 saturated carbocycles. The van der Waals surface area contributed by atoms with Gasteiger partial charge in [0.1, 0.15) is 11.5 Å². The Morgan fingerprint density at radius 2 is 0.917 bits per heavy atom. The van der Waals surface area contributed by atoms with Gasteiger partial charge >= 0.3 is 0 Å². The largest absolute Gasteiger partial charge is 0.507 e. The number of hydrogen-bond donors (Lipinski definition) is 2. The third-order valence-corrected chi connectivity index (χ3v) is 7.77. The number of unbranched alkanes of at least 4 members (excludes halogenated alkanes) is 4. The fraction of sp³-hybridized carbons (Fsp3) is 0.647. The van der Waals surface area contributed by atoms with Crippen molar-refractivity contribution in [3.8, 4) is 22.6 Å². The number of benzene rings is 2. The average Bonchev–Trinajstić information content (AvgIpc) is 2.77. The van der Waals surface area contributed by atoms with Gasteiger partial charge < -0.3 is 10.2 Å². The van der Waals surface area contributed by atoms with Gasteiger partial charge in [-0.05, 0) is 69.9 Å². The molecule has 2 nitrogen and oxygen atoms in total. The second-order valence-corrected chi connectivity index (χ2v) is 13.2. The smallest absolute Gasteiger partial charge is 0.124 e. The van der Waals surface area contributed by atoms with Crippen LogP contribution in [0, 0.1) is 0 Å². The van der Waals surface area contributed by atoms with E-state index in [-0.39, 0.29) is 22.3 Å². The van der Waals surface area contributed by atoms with Crippen molar-refractivity contribution in [3.05, 3.63) is 46.5 Å². The minimum Gasteiger partial charge on any atom is -0.507 e. The van der Waals surface area contributed by atoms with Gasteiger partial charge in [-0.1, -0.05) is 120 Å². The second kappa shape index (κ2) is 12.5. The van der Waals surface area contributed by atoms with E-state index in [9.17, 15) is 10.2 Å². The first-order valence-electron chi connectivity index (χ1n) is 14.5. The van der Waals surface area contributed by atoms with Crippen LogP contribution >= 0.6 is 0 Å². The molecule has 2 aromatic rings. The summed E-state index contributed by atoms with van der Waals surface area (Å²) >= 11 is 0. The summed E-state index contributed by atoms with van der Waals surface area (Å²) in [6.07, 6.45) is 9.58. The maximum absolute atomic E-state index is 11.5. The Balaban J connectivity index is 2.72. The Hall–Kier alpha value is -1.96. The molecule has 2 heteroatoms. The molecule has 0 aliphatic carbocycles. The van der Waals surface area contributed by atoms with Crippen LogP contribution in [0.1, 0.15) is 155 Å². The SMILES string of the molecule is CCCCCC(C)c1cc(O)c(-c2c(O)cc(C(C)CCCCC)cc2C(C)(C)C)c(C(C)(C)C)c1. The molecule has 0 aromatic heterocycles. The Kier molecular flexibility index (Phi) is 10.5. The Morgan fingerprint density at radius 1 is 0.583 bits per heavy atom. The first-order valence-corrected chi connectivity index (χ1v) is 14.5. The molecular formula is C34H54O2. The van der Waals surface area contributed by atoms with Crippen molar-refractivity contribution in [2.75, 3.05) is 0 Å². The molecule has 2 N–H and O–H groups in total. The highest BCUT2D eigenvalue weighted by Gasteiger charge is 2.30. The quantitative estimate of drug-likeness (QED) is 0.305. The molecule has 202 valence electrons. The van der Waals surface area contributed by atoms with Crippen LogP contribution in [0.4, 0.5) is 0 Å². The maximum atomic E-state index is 11.5. The summed E-state index contributed by atoms with van der Waals surface area (Å²) in [6.45, 7) is 22.2.